The van der Waals surface area contributed by atoms with E-state index < -0.39 is 0 Å². The minimum absolute atomic E-state index is 0.605. The van der Waals surface area contributed by atoms with Crippen molar-refractivity contribution < 1.29 is 0 Å². The molecule has 1 aromatic rings. The van der Waals surface area contributed by atoms with Crippen LogP contribution in [0.25, 0.3) is 0 Å². The Labute approximate surface area is 84.4 Å². The van der Waals surface area contributed by atoms with E-state index >= 15 is 0 Å². The summed E-state index contributed by atoms with van der Waals surface area (Å²) < 4.78 is 0. The van der Waals surface area contributed by atoms with Gasteiger partial charge in [-0.3, -0.25) is 4.90 Å². The van der Waals surface area contributed by atoms with Gasteiger partial charge in [-0.05, 0) is 12.1 Å². The molecule has 0 aromatic heterocycles. The smallest absolute Gasteiger partial charge is 0.0763 e. The molecule has 14 heavy (non-hydrogen) atoms. The van der Waals surface area contributed by atoms with Crippen LogP contribution in [0, 0.1) is 0 Å². The highest BCUT2D eigenvalue weighted by Gasteiger charge is 2.11. The second-order valence-corrected chi connectivity index (χ2v) is 3.37. The van der Waals surface area contributed by atoms with Crippen molar-refractivity contribution >= 4 is 5.69 Å². The lowest BCUT2D eigenvalue weighted by molar-refractivity contribution is 0.308. The molecule has 1 aliphatic heterocycles. The summed E-state index contributed by atoms with van der Waals surface area (Å²) in [6.45, 7) is 2.42. The molecule has 0 saturated heterocycles. The minimum atomic E-state index is 0.605. The van der Waals surface area contributed by atoms with Crippen molar-refractivity contribution in [2.45, 2.75) is 0 Å². The molecule has 0 unspecified atom stereocenters. The third-order valence-electron chi connectivity index (χ3n) is 2.35. The number of para-hydroxylation sites is 1. The standard InChI is InChI=1S/C11H15N3/c12-9-13-7-4-8-14(10-13)11-5-2-1-3-6-11/h1-6,8H,7,9-10,12H2. The molecule has 0 bridgehead atoms. The summed E-state index contributed by atoms with van der Waals surface area (Å²) in [5, 5.41) is 0. The predicted octanol–water partition coefficient (Wildman–Crippen LogP) is 1.20. The summed E-state index contributed by atoms with van der Waals surface area (Å²) in [5.74, 6) is 0. The number of anilines is 1. The van der Waals surface area contributed by atoms with Crippen molar-refractivity contribution in [1.82, 2.24) is 4.90 Å². The Morgan fingerprint density at radius 2 is 2.00 bits per heavy atom. The van der Waals surface area contributed by atoms with E-state index in [0.717, 1.165) is 13.2 Å². The molecular formula is C11H15N3. The van der Waals surface area contributed by atoms with Crippen LogP contribution in [-0.4, -0.2) is 24.8 Å². The zero-order valence-electron chi connectivity index (χ0n) is 8.13. The van der Waals surface area contributed by atoms with E-state index in [1.807, 2.05) is 18.2 Å². The van der Waals surface area contributed by atoms with Crippen LogP contribution in [0.4, 0.5) is 5.69 Å². The zero-order valence-corrected chi connectivity index (χ0v) is 8.13. The van der Waals surface area contributed by atoms with E-state index in [2.05, 4.69) is 34.2 Å². The lowest BCUT2D eigenvalue weighted by atomic mass is 10.3. The highest BCUT2D eigenvalue weighted by Crippen LogP contribution is 2.15. The van der Waals surface area contributed by atoms with Crippen molar-refractivity contribution in [2.24, 2.45) is 5.73 Å². The van der Waals surface area contributed by atoms with Gasteiger partial charge in [0.05, 0.1) is 6.67 Å². The second kappa shape index (κ2) is 4.26. The summed E-state index contributed by atoms with van der Waals surface area (Å²) in [4.78, 5) is 4.36. The highest BCUT2D eigenvalue weighted by atomic mass is 15.3. The molecule has 0 spiro atoms. The van der Waals surface area contributed by atoms with Crippen LogP contribution in [0.5, 0.6) is 0 Å². The quantitative estimate of drug-likeness (QED) is 0.758. The van der Waals surface area contributed by atoms with Crippen molar-refractivity contribution in [3.8, 4) is 0 Å². The first kappa shape index (κ1) is 9.24. The van der Waals surface area contributed by atoms with Gasteiger partial charge in [0.15, 0.2) is 0 Å². The van der Waals surface area contributed by atoms with Gasteiger partial charge >= 0.3 is 0 Å². The topological polar surface area (TPSA) is 32.5 Å². The molecule has 3 nitrogen and oxygen atoms in total. The normalized spacial score (nSPS) is 17.4. The van der Waals surface area contributed by atoms with E-state index in [4.69, 9.17) is 5.73 Å². The minimum Gasteiger partial charge on any atom is -0.335 e. The van der Waals surface area contributed by atoms with Crippen LogP contribution in [-0.2, 0) is 0 Å². The monoisotopic (exact) mass is 189 g/mol. The third-order valence-corrected chi connectivity index (χ3v) is 2.35. The van der Waals surface area contributed by atoms with Crippen molar-refractivity contribution in [3.05, 3.63) is 42.6 Å². The molecule has 2 rings (SSSR count). The van der Waals surface area contributed by atoms with Gasteiger partial charge in [0, 0.05) is 25.1 Å². The van der Waals surface area contributed by atoms with Crippen LogP contribution in [0.15, 0.2) is 42.6 Å². The molecule has 1 heterocycles. The molecular weight excluding hydrogens is 174 g/mol. The fourth-order valence-electron chi connectivity index (χ4n) is 1.56. The molecule has 3 heteroatoms. The summed E-state index contributed by atoms with van der Waals surface area (Å²) in [7, 11) is 0. The van der Waals surface area contributed by atoms with Crippen LogP contribution in [0.2, 0.25) is 0 Å². The maximum atomic E-state index is 5.61. The van der Waals surface area contributed by atoms with Crippen molar-refractivity contribution in [3.63, 3.8) is 0 Å². The van der Waals surface area contributed by atoms with E-state index in [0.29, 0.717) is 6.67 Å². The maximum absolute atomic E-state index is 5.61. The largest absolute Gasteiger partial charge is 0.335 e. The second-order valence-electron chi connectivity index (χ2n) is 3.37. The molecule has 74 valence electrons. The molecule has 0 saturated carbocycles. The first-order valence-corrected chi connectivity index (χ1v) is 4.81. The summed E-state index contributed by atoms with van der Waals surface area (Å²) >= 11 is 0. The Kier molecular flexibility index (Phi) is 2.81. The molecule has 2 N–H and O–H groups in total. The van der Waals surface area contributed by atoms with E-state index in [1.165, 1.54) is 5.69 Å². The Hall–Kier alpha value is -1.32. The van der Waals surface area contributed by atoms with Gasteiger partial charge in [-0.25, -0.2) is 0 Å². The fourth-order valence-corrected chi connectivity index (χ4v) is 1.56. The number of nitrogens with zero attached hydrogens (tertiary/aromatic N) is 2. The SMILES string of the molecule is NCN1CC=CN(c2ccccc2)C1. The van der Waals surface area contributed by atoms with Crippen LogP contribution in [0.1, 0.15) is 0 Å². The molecule has 1 aromatic carbocycles. The number of benzene rings is 1. The molecule has 0 fully saturated rings. The van der Waals surface area contributed by atoms with Gasteiger partial charge in [-0.2, -0.15) is 0 Å². The van der Waals surface area contributed by atoms with Gasteiger partial charge in [0.25, 0.3) is 0 Å². The Morgan fingerprint density at radius 1 is 1.21 bits per heavy atom. The zero-order chi connectivity index (χ0) is 9.80. The highest BCUT2D eigenvalue weighted by molar-refractivity contribution is 5.49. The van der Waals surface area contributed by atoms with Gasteiger partial charge in [-0.1, -0.05) is 24.3 Å². The number of hydrogen-bond acceptors (Lipinski definition) is 3. The Balaban J connectivity index is 2.12. The van der Waals surface area contributed by atoms with Gasteiger partial charge in [0.1, 0.15) is 0 Å². The average Bonchev–Trinajstić information content (AvgIpc) is 2.30. The molecule has 0 amide bonds. The van der Waals surface area contributed by atoms with Crippen LogP contribution >= 0.6 is 0 Å². The van der Waals surface area contributed by atoms with E-state index in [1.54, 1.807) is 0 Å². The first-order valence-electron chi connectivity index (χ1n) is 4.81. The van der Waals surface area contributed by atoms with Crippen LogP contribution in [0.3, 0.4) is 0 Å². The van der Waals surface area contributed by atoms with Crippen LogP contribution < -0.4 is 10.6 Å². The van der Waals surface area contributed by atoms with Gasteiger partial charge < -0.3 is 10.6 Å². The molecule has 0 aliphatic carbocycles. The Morgan fingerprint density at radius 3 is 2.71 bits per heavy atom. The number of nitrogens with two attached hydrogens (primary N) is 1. The van der Waals surface area contributed by atoms with Gasteiger partial charge in [0.2, 0.25) is 0 Å². The summed E-state index contributed by atoms with van der Waals surface area (Å²) in [6.07, 6.45) is 4.24. The lowest BCUT2D eigenvalue weighted by Gasteiger charge is -2.31. The fraction of sp³-hybridized carbons (Fsp3) is 0.273. The van der Waals surface area contributed by atoms with Crippen molar-refractivity contribution in [2.75, 3.05) is 24.8 Å². The predicted molar refractivity (Wildman–Crippen MR) is 58.7 cm³/mol. The van der Waals surface area contributed by atoms with Crippen molar-refractivity contribution in [1.29, 1.82) is 0 Å². The van der Waals surface area contributed by atoms with E-state index in [-0.39, 0.29) is 0 Å². The first-order chi connectivity index (χ1) is 6.90. The van der Waals surface area contributed by atoms with Gasteiger partial charge in [-0.15, -0.1) is 0 Å². The Bertz CT molecular complexity index is 308. The molecule has 0 atom stereocenters. The summed E-state index contributed by atoms with van der Waals surface area (Å²) in [6, 6.07) is 10.3. The number of rotatable bonds is 2. The third kappa shape index (κ3) is 1.95. The lowest BCUT2D eigenvalue weighted by Crippen LogP contribution is -2.41. The molecule has 1 aliphatic rings. The average molecular weight is 189 g/mol. The van der Waals surface area contributed by atoms with E-state index in [9.17, 15) is 0 Å². The number of hydrogen-bond donors (Lipinski definition) is 1. The molecule has 0 radical (unpaired) electrons. The maximum Gasteiger partial charge on any atom is 0.0763 e. The summed E-state index contributed by atoms with van der Waals surface area (Å²) in [5.41, 5.74) is 6.82.